The fraction of sp³-hybridized carbons (Fsp3) is 0.341. The van der Waals surface area contributed by atoms with Gasteiger partial charge in [-0.05, 0) is 64.9 Å². The first kappa shape index (κ1) is 43.6. The fourth-order valence-electron chi connectivity index (χ4n) is 6.46. The Labute approximate surface area is 327 Å². The van der Waals surface area contributed by atoms with Crippen molar-refractivity contribution in [2.75, 3.05) is 13.1 Å². The van der Waals surface area contributed by atoms with Gasteiger partial charge in [0.1, 0.15) is 17.8 Å². The molecule has 4 atom stereocenters. The van der Waals surface area contributed by atoms with E-state index in [9.17, 15) is 32.7 Å². The normalized spacial score (nSPS) is 16.1. The summed E-state index contributed by atoms with van der Waals surface area (Å²) in [5.41, 5.74) is 13.8. The minimum Gasteiger partial charge on any atom is -0.508 e. The molecule has 304 valence electrons. The van der Waals surface area contributed by atoms with Crippen LogP contribution in [0, 0.1) is 0 Å². The number of rotatable bonds is 15. The van der Waals surface area contributed by atoms with Gasteiger partial charge in [-0.1, -0.05) is 78.9 Å². The Kier molecular flexibility index (Phi) is 15.8. The molecule has 0 aromatic heterocycles. The van der Waals surface area contributed by atoms with Gasteiger partial charge in [0.2, 0.25) is 17.7 Å². The maximum Gasteiger partial charge on any atom is 0.490 e. The molecule has 1 aliphatic rings. The van der Waals surface area contributed by atoms with Gasteiger partial charge >= 0.3 is 12.1 Å². The molecule has 0 spiro atoms. The zero-order chi connectivity index (χ0) is 41.5. The maximum absolute atomic E-state index is 14.5. The van der Waals surface area contributed by atoms with Gasteiger partial charge in [-0.15, -0.1) is 0 Å². The monoisotopic (exact) mass is 792 g/mol. The lowest BCUT2D eigenvalue weighted by atomic mass is 10.0. The van der Waals surface area contributed by atoms with E-state index in [1.165, 1.54) is 19.1 Å². The lowest BCUT2D eigenvalue weighted by molar-refractivity contribution is -0.192. The molecular weight excluding hydrogens is 745 g/mol. The SMILES string of the molecule is CC(=O)N[C@@H](Cc1ccc(O)cc1)C(=O)N[C@H](Cc1ccccc1)C(=O)N1C[C@@H](OCc2ccc3ccccc3c2)C[C@@H]1CCCN=C(N)N.O=C(O)C(F)(F)F. The first-order chi connectivity index (χ1) is 27.1. The molecule has 4 aromatic rings. The van der Waals surface area contributed by atoms with Gasteiger partial charge in [-0.25, -0.2) is 4.79 Å². The van der Waals surface area contributed by atoms with E-state index in [1.807, 2.05) is 47.4 Å². The number of phenolic OH excluding ortho intramolecular Hbond substituents is 1. The molecular formula is C41H47F3N6O7. The van der Waals surface area contributed by atoms with E-state index in [1.54, 1.807) is 12.1 Å². The third kappa shape index (κ3) is 14.1. The number of nitrogens with two attached hydrogens (primary N) is 2. The number of likely N-dealkylation sites (tertiary alicyclic amines) is 1. The van der Waals surface area contributed by atoms with E-state index in [4.69, 9.17) is 26.1 Å². The first-order valence-corrected chi connectivity index (χ1v) is 18.2. The number of nitrogens with one attached hydrogen (secondary N) is 2. The Balaban J connectivity index is 0.000000940. The number of ether oxygens (including phenoxy) is 1. The zero-order valence-corrected chi connectivity index (χ0v) is 31.3. The standard InChI is InChI=1S/C39H46N6O5.C2HF3O2/c1-26(46)43-35(21-28-14-17-33(47)18-15-28)37(48)44-36(22-27-8-3-2-4-9-27)38(49)45-24-34(23-32(45)12-7-19-42-39(40)41)50-25-29-13-16-30-10-5-6-11-31(30)20-29;3-2(4,5)1(6)7/h2-6,8-11,13-18,20,32,34-36,47H,7,12,19,21-25H2,1H3,(H,43,46)(H,44,48)(H4,40,41,42);(H,6,7)/t32-,34-,35-,36+;/m0./s1. The summed E-state index contributed by atoms with van der Waals surface area (Å²) in [6.07, 6.45) is -2.91. The third-order valence-electron chi connectivity index (χ3n) is 9.16. The summed E-state index contributed by atoms with van der Waals surface area (Å²) in [6, 6.07) is 28.4. The number of hydrogen-bond acceptors (Lipinski definition) is 7. The van der Waals surface area contributed by atoms with E-state index in [0.29, 0.717) is 39.0 Å². The zero-order valence-electron chi connectivity index (χ0n) is 31.3. The highest BCUT2D eigenvalue weighted by Gasteiger charge is 2.40. The number of fused-ring (bicyclic) bond motifs is 1. The molecule has 57 heavy (non-hydrogen) atoms. The summed E-state index contributed by atoms with van der Waals surface area (Å²) < 4.78 is 38.2. The molecule has 0 unspecified atom stereocenters. The van der Waals surface area contributed by atoms with Crippen molar-refractivity contribution in [3.05, 3.63) is 114 Å². The van der Waals surface area contributed by atoms with Crippen LogP contribution in [0.5, 0.6) is 5.75 Å². The summed E-state index contributed by atoms with van der Waals surface area (Å²) in [4.78, 5) is 55.3. The molecule has 0 bridgehead atoms. The van der Waals surface area contributed by atoms with Crippen molar-refractivity contribution < 1.29 is 47.3 Å². The van der Waals surface area contributed by atoms with Crippen LogP contribution in [-0.4, -0.2) is 88.3 Å². The number of aliphatic carboxylic acids is 1. The van der Waals surface area contributed by atoms with Crippen LogP contribution in [0.3, 0.4) is 0 Å². The number of carbonyl (C=O) groups excluding carboxylic acids is 3. The van der Waals surface area contributed by atoms with Crippen LogP contribution < -0.4 is 22.1 Å². The summed E-state index contributed by atoms with van der Waals surface area (Å²) in [6.45, 7) is 2.55. The molecule has 13 nitrogen and oxygen atoms in total. The highest BCUT2D eigenvalue weighted by Crippen LogP contribution is 2.27. The van der Waals surface area contributed by atoms with Crippen molar-refractivity contribution in [1.82, 2.24) is 15.5 Å². The van der Waals surface area contributed by atoms with Crippen LogP contribution in [0.2, 0.25) is 0 Å². The van der Waals surface area contributed by atoms with Gasteiger partial charge in [0.05, 0.1) is 12.7 Å². The number of nitrogens with zero attached hydrogens (tertiary/aromatic N) is 2. The number of aromatic hydroxyl groups is 1. The summed E-state index contributed by atoms with van der Waals surface area (Å²) in [5, 5.41) is 24.8. The summed E-state index contributed by atoms with van der Waals surface area (Å²) in [5.74, 6) is -3.71. The molecule has 1 aliphatic heterocycles. The lowest BCUT2D eigenvalue weighted by Crippen LogP contribution is -2.56. The Morgan fingerprint density at radius 1 is 0.860 bits per heavy atom. The number of guanidine groups is 1. The van der Waals surface area contributed by atoms with Crippen LogP contribution >= 0.6 is 0 Å². The predicted octanol–water partition coefficient (Wildman–Crippen LogP) is 4.19. The van der Waals surface area contributed by atoms with Gasteiger partial charge in [-0.2, -0.15) is 13.2 Å². The Bertz CT molecular complexity index is 1990. The molecule has 0 radical (unpaired) electrons. The molecule has 4 aromatic carbocycles. The van der Waals surface area contributed by atoms with Gasteiger partial charge in [0.15, 0.2) is 5.96 Å². The fourth-order valence-corrected chi connectivity index (χ4v) is 6.46. The van der Waals surface area contributed by atoms with Crippen molar-refractivity contribution in [1.29, 1.82) is 0 Å². The van der Waals surface area contributed by atoms with E-state index in [2.05, 4.69) is 46.0 Å². The van der Waals surface area contributed by atoms with E-state index in [-0.39, 0.29) is 48.5 Å². The average molecular weight is 793 g/mol. The molecule has 0 saturated carbocycles. The van der Waals surface area contributed by atoms with Crippen LogP contribution in [0.25, 0.3) is 10.8 Å². The molecule has 3 amide bonds. The second kappa shape index (κ2) is 20.7. The molecule has 1 heterocycles. The lowest BCUT2D eigenvalue weighted by Gasteiger charge is -2.30. The van der Waals surface area contributed by atoms with E-state index in [0.717, 1.165) is 27.5 Å². The van der Waals surface area contributed by atoms with Crippen molar-refractivity contribution >= 4 is 40.4 Å². The number of carboxylic acid groups (broad SMARTS) is 1. The average Bonchev–Trinajstić information content (AvgIpc) is 3.58. The Morgan fingerprint density at radius 2 is 1.46 bits per heavy atom. The quantitative estimate of drug-likeness (QED) is 0.0579. The second-order valence-corrected chi connectivity index (χ2v) is 13.6. The van der Waals surface area contributed by atoms with E-state index >= 15 is 0 Å². The Hall–Kier alpha value is -6.16. The topological polar surface area (TPSA) is 210 Å². The van der Waals surface area contributed by atoms with Crippen molar-refractivity contribution in [2.45, 2.75) is 76.0 Å². The van der Waals surface area contributed by atoms with Crippen molar-refractivity contribution in [2.24, 2.45) is 16.5 Å². The number of carbonyl (C=O) groups is 4. The molecule has 5 rings (SSSR count). The minimum atomic E-state index is -5.08. The van der Waals surface area contributed by atoms with Crippen LogP contribution in [0.4, 0.5) is 13.2 Å². The molecule has 0 aliphatic carbocycles. The van der Waals surface area contributed by atoms with Crippen LogP contribution in [0.1, 0.15) is 42.9 Å². The molecule has 8 N–H and O–H groups in total. The van der Waals surface area contributed by atoms with Gasteiger partial charge in [-0.3, -0.25) is 19.4 Å². The maximum atomic E-state index is 14.5. The largest absolute Gasteiger partial charge is 0.508 e. The second-order valence-electron chi connectivity index (χ2n) is 13.6. The van der Waals surface area contributed by atoms with Crippen molar-refractivity contribution in [3.63, 3.8) is 0 Å². The number of amides is 3. The van der Waals surface area contributed by atoms with Gasteiger partial charge in [0.25, 0.3) is 0 Å². The molecule has 1 saturated heterocycles. The Morgan fingerprint density at radius 3 is 2.09 bits per heavy atom. The van der Waals surface area contributed by atoms with E-state index < -0.39 is 30.1 Å². The molecule has 16 heteroatoms. The number of aliphatic imine (C=N–C) groups is 1. The molecule has 1 fully saturated rings. The number of phenols is 1. The third-order valence-corrected chi connectivity index (χ3v) is 9.16. The van der Waals surface area contributed by atoms with Gasteiger partial charge in [0, 0.05) is 38.9 Å². The number of carboxylic acids is 1. The first-order valence-electron chi connectivity index (χ1n) is 18.2. The number of benzene rings is 4. The summed E-state index contributed by atoms with van der Waals surface area (Å²) >= 11 is 0. The highest BCUT2D eigenvalue weighted by atomic mass is 19.4. The predicted molar refractivity (Wildman–Crippen MR) is 208 cm³/mol. The number of hydrogen-bond donors (Lipinski definition) is 6. The van der Waals surface area contributed by atoms with Gasteiger partial charge < -0.3 is 42.0 Å². The minimum absolute atomic E-state index is 0.0209. The van der Waals surface area contributed by atoms with Crippen molar-refractivity contribution in [3.8, 4) is 5.75 Å². The number of halogens is 3. The number of alkyl halides is 3. The van der Waals surface area contributed by atoms with Crippen LogP contribution in [0.15, 0.2) is 102 Å². The van der Waals surface area contributed by atoms with Crippen LogP contribution in [-0.2, 0) is 43.4 Å². The smallest absolute Gasteiger partial charge is 0.490 e. The highest BCUT2D eigenvalue weighted by molar-refractivity contribution is 5.92. The summed E-state index contributed by atoms with van der Waals surface area (Å²) in [7, 11) is 0.